The van der Waals surface area contributed by atoms with Crippen LogP contribution in [-0.4, -0.2) is 50.1 Å². The summed E-state index contributed by atoms with van der Waals surface area (Å²) in [6, 6.07) is 11.5. The first kappa shape index (κ1) is 20.0. The Morgan fingerprint density at radius 1 is 1.22 bits per heavy atom. The SMILES string of the molecule is COc1cc(-n2cccn2)ccc1Nc1nccc(-c2cnc3c(c2)C(C)(CO)CN3)n1. The Kier molecular flexibility index (Phi) is 4.95. The van der Waals surface area contributed by atoms with Crippen LogP contribution in [0.4, 0.5) is 17.5 Å². The molecule has 0 fully saturated rings. The molecule has 1 aromatic carbocycles. The van der Waals surface area contributed by atoms with Gasteiger partial charge in [0.2, 0.25) is 5.95 Å². The van der Waals surface area contributed by atoms with Gasteiger partial charge < -0.3 is 20.5 Å². The lowest BCUT2D eigenvalue weighted by atomic mass is 9.85. The number of nitrogens with one attached hydrogen (secondary N) is 2. The van der Waals surface area contributed by atoms with E-state index in [1.165, 1.54) is 0 Å². The Labute approximate surface area is 185 Å². The molecule has 1 atom stereocenters. The van der Waals surface area contributed by atoms with Crippen LogP contribution < -0.4 is 15.4 Å². The van der Waals surface area contributed by atoms with Gasteiger partial charge in [-0.15, -0.1) is 0 Å². The number of pyridine rings is 1. The third kappa shape index (κ3) is 3.52. The van der Waals surface area contributed by atoms with E-state index >= 15 is 0 Å². The van der Waals surface area contributed by atoms with E-state index in [9.17, 15) is 5.11 Å². The first-order chi connectivity index (χ1) is 15.6. The number of aromatic nitrogens is 5. The average Bonchev–Trinajstić information content (AvgIpc) is 3.48. The minimum absolute atomic E-state index is 0.0447. The van der Waals surface area contributed by atoms with Crippen LogP contribution in [0.1, 0.15) is 12.5 Å². The molecule has 0 spiro atoms. The molecule has 9 nitrogen and oxygen atoms in total. The highest BCUT2D eigenvalue weighted by Crippen LogP contribution is 2.37. The van der Waals surface area contributed by atoms with Gasteiger partial charge in [0.1, 0.15) is 11.6 Å². The van der Waals surface area contributed by atoms with Crippen LogP contribution in [0.3, 0.4) is 0 Å². The number of aliphatic hydroxyl groups is 1. The maximum atomic E-state index is 9.85. The van der Waals surface area contributed by atoms with Crippen molar-refractivity contribution in [2.24, 2.45) is 0 Å². The molecule has 162 valence electrons. The summed E-state index contributed by atoms with van der Waals surface area (Å²) in [6.45, 7) is 2.71. The number of fused-ring (bicyclic) bond motifs is 1. The molecule has 5 rings (SSSR count). The van der Waals surface area contributed by atoms with E-state index in [1.54, 1.807) is 30.4 Å². The molecule has 1 aliphatic rings. The highest BCUT2D eigenvalue weighted by molar-refractivity contribution is 5.69. The molecule has 0 bridgehead atoms. The van der Waals surface area contributed by atoms with Crippen molar-refractivity contribution in [3.8, 4) is 22.7 Å². The van der Waals surface area contributed by atoms with Gasteiger partial charge in [-0.2, -0.15) is 5.10 Å². The Morgan fingerprint density at radius 3 is 2.91 bits per heavy atom. The summed E-state index contributed by atoms with van der Waals surface area (Å²) in [4.78, 5) is 13.5. The van der Waals surface area contributed by atoms with Crippen LogP contribution >= 0.6 is 0 Å². The van der Waals surface area contributed by atoms with Crippen molar-refractivity contribution in [3.63, 3.8) is 0 Å². The molecule has 3 aromatic heterocycles. The van der Waals surface area contributed by atoms with E-state index in [0.717, 1.165) is 34.0 Å². The van der Waals surface area contributed by atoms with Crippen LogP contribution in [0.5, 0.6) is 5.75 Å². The van der Waals surface area contributed by atoms with Gasteiger partial charge >= 0.3 is 0 Å². The molecule has 3 N–H and O–H groups in total. The third-order valence-corrected chi connectivity index (χ3v) is 5.68. The molecule has 0 saturated heterocycles. The fourth-order valence-electron chi connectivity index (χ4n) is 3.77. The monoisotopic (exact) mass is 429 g/mol. The van der Waals surface area contributed by atoms with Gasteiger partial charge in [0.05, 0.1) is 30.8 Å². The normalized spacial score (nSPS) is 17.0. The number of hydrogen-bond acceptors (Lipinski definition) is 8. The number of anilines is 3. The summed E-state index contributed by atoms with van der Waals surface area (Å²) in [5.41, 5.74) is 3.84. The van der Waals surface area contributed by atoms with Crippen LogP contribution in [0.15, 0.2) is 61.2 Å². The van der Waals surface area contributed by atoms with Crippen LogP contribution in [0.25, 0.3) is 16.9 Å². The lowest BCUT2D eigenvalue weighted by Gasteiger charge is -2.20. The number of hydrogen-bond donors (Lipinski definition) is 3. The highest BCUT2D eigenvalue weighted by Gasteiger charge is 2.35. The fourth-order valence-corrected chi connectivity index (χ4v) is 3.77. The lowest BCUT2D eigenvalue weighted by Crippen LogP contribution is -2.28. The molecule has 1 aliphatic heterocycles. The van der Waals surface area contributed by atoms with E-state index in [0.29, 0.717) is 18.2 Å². The standard InChI is InChI=1S/C23H23N7O2/c1-23(14-31)13-26-21-17(23)10-15(12-25-21)18-6-8-24-22(28-18)29-19-5-4-16(11-20(19)32-2)30-9-3-7-27-30/h3-12,31H,13-14H2,1-2H3,(H,25,26)(H,24,28,29). The van der Waals surface area contributed by atoms with Crippen molar-refractivity contribution in [2.45, 2.75) is 12.3 Å². The molecule has 9 heteroatoms. The molecular weight excluding hydrogens is 406 g/mol. The zero-order valence-electron chi connectivity index (χ0n) is 17.8. The summed E-state index contributed by atoms with van der Waals surface area (Å²) in [7, 11) is 1.62. The zero-order valence-corrected chi connectivity index (χ0v) is 17.8. The smallest absolute Gasteiger partial charge is 0.227 e. The Bertz CT molecular complexity index is 1260. The van der Waals surface area contributed by atoms with Gasteiger partial charge in [-0.05, 0) is 30.3 Å². The van der Waals surface area contributed by atoms with Crippen LogP contribution in [0, 0.1) is 0 Å². The number of benzene rings is 1. The summed E-state index contributed by atoms with van der Waals surface area (Å²) in [5, 5.41) is 20.6. The maximum Gasteiger partial charge on any atom is 0.227 e. The van der Waals surface area contributed by atoms with Gasteiger partial charge in [-0.25, -0.2) is 19.6 Å². The van der Waals surface area contributed by atoms with Gasteiger partial charge in [-0.1, -0.05) is 6.92 Å². The first-order valence-corrected chi connectivity index (χ1v) is 10.2. The molecule has 4 heterocycles. The minimum Gasteiger partial charge on any atom is -0.494 e. The van der Waals surface area contributed by atoms with Gasteiger partial charge in [-0.3, -0.25) is 0 Å². The molecule has 0 aliphatic carbocycles. The Balaban J connectivity index is 1.44. The number of rotatable bonds is 6. The molecule has 0 amide bonds. The van der Waals surface area contributed by atoms with Crippen molar-refractivity contribution in [1.29, 1.82) is 0 Å². The summed E-state index contributed by atoms with van der Waals surface area (Å²) >= 11 is 0. The molecule has 32 heavy (non-hydrogen) atoms. The molecule has 1 unspecified atom stereocenters. The molecule has 4 aromatic rings. The fraction of sp³-hybridized carbons (Fsp3) is 0.217. The van der Waals surface area contributed by atoms with Crippen LogP contribution in [0.2, 0.25) is 0 Å². The Hall–Kier alpha value is -3.98. The van der Waals surface area contributed by atoms with E-state index < -0.39 is 0 Å². The average molecular weight is 429 g/mol. The van der Waals surface area contributed by atoms with Crippen molar-refractivity contribution in [2.75, 3.05) is 30.9 Å². The second kappa shape index (κ2) is 7.93. The number of ether oxygens (including phenoxy) is 1. The van der Waals surface area contributed by atoms with Crippen molar-refractivity contribution >= 4 is 17.5 Å². The Morgan fingerprint density at radius 2 is 2.12 bits per heavy atom. The van der Waals surface area contributed by atoms with Crippen LogP contribution in [-0.2, 0) is 5.41 Å². The van der Waals surface area contributed by atoms with Crippen molar-refractivity contribution in [1.82, 2.24) is 24.7 Å². The lowest BCUT2D eigenvalue weighted by molar-refractivity contribution is 0.218. The topological polar surface area (TPSA) is 110 Å². The minimum atomic E-state index is -0.365. The maximum absolute atomic E-state index is 9.85. The summed E-state index contributed by atoms with van der Waals surface area (Å²) < 4.78 is 7.32. The number of aliphatic hydroxyl groups excluding tert-OH is 1. The predicted octanol–water partition coefficient (Wildman–Crippen LogP) is 3.15. The molecule has 0 saturated carbocycles. The van der Waals surface area contributed by atoms with E-state index in [2.05, 4.69) is 30.7 Å². The first-order valence-electron chi connectivity index (χ1n) is 10.2. The molecular formula is C23H23N7O2. The summed E-state index contributed by atoms with van der Waals surface area (Å²) in [6.07, 6.45) is 7.08. The van der Waals surface area contributed by atoms with Gasteiger partial charge in [0, 0.05) is 53.9 Å². The van der Waals surface area contributed by atoms with Gasteiger partial charge in [0.15, 0.2) is 0 Å². The summed E-state index contributed by atoms with van der Waals surface area (Å²) in [5.74, 6) is 1.90. The van der Waals surface area contributed by atoms with Gasteiger partial charge in [0.25, 0.3) is 0 Å². The number of nitrogens with zero attached hydrogens (tertiary/aromatic N) is 5. The van der Waals surface area contributed by atoms with E-state index in [4.69, 9.17) is 4.74 Å². The van der Waals surface area contributed by atoms with E-state index in [1.807, 2.05) is 49.5 Å². The molecule has 0 radical (unpaired) electrons. The number of methoxy groups -OCH3 is 1. The van der Waals surface area contributed by atoms with E-state index in [-0.39, 0.29) is 12.0 Å². The predicted molar refractivity (Wildman–Crippen MR) is 122 cm³/mol. The largest absolute Gasteiger partial charge is 0.494 e. The van der Waals surface area contributed by atoms with Crippen molar-refractivity contribution in [3.05, 3.63) is 66.7 Å². The zero-order chi connectivity index (χ0) is 22.1. The quantitative estimate of drug-likeness (QED) is 0.429. The highest BCUT2D eigenvalue weighted by atomic mass is 16.5. The second-order valence-electron chi connectivity index (χ2n) is 7.92. The van der Waals surface area contributed by atoms with Crippen molar-refractivity contribution < 1.29 is 9.84 Å². The third-order valence-electron chi connectivity index (χ3n) is 5.68. The second-order valence-corrected chi connectivity index (χ2v) is 7.92.